The molecule has 0 unspecified atom stereocenters. The summed E-state index contributed by atoms with van der Waals surface area (Å²) in [6.45, 7) is 0. The largest absolute Gasteiger partial charge is 0.298 e. The highest BCUT2D eigenvalue weighted by molar-refractivity contribution is 7.89. The summed E-state index contributed by atoms with van der Waals surface area (Å²) in [5.41, 5.74) is 1.09. The van der Waals surface area contributed by atoms with Crippen LogP contribution in [0, 0.1) is 0 Å². The van der Waals surface area contributed by atoms with Crippen molar-refractivity contribution in [3.05, 3.63) is 48.3 Å². The van der Waals surface area contributed by atoms with Crippen LogP contribution >= 0.6 is 11.3 Å². The molecule has 2 N–H and O–H groups in total. The third-order valence-electron chi connectivity index (χ3n) is 3.10. The fourth-order valence-corrected chi connectivity index (χ4v) is 3.65. The molecule has 1 amide bonds. The van der Waals surface area contributed by atoms with E-state index in [1.54, 1.807) is 18.2 Å². The standard InChI is InChI=1S/C14H12N4O3S2/c1-15-23(20,21)10-2-3-11-12(8-10)22-14(17-11)18-13(19)9-4-6-16-7-5-9/h2-8,15H,1H3,(H,17,18,19). The summed E-state index contributed by atoms with van der Waals surface area (Å²) in [6.07, 6.45) is 3.06. The maximum absolute atomic E-state index is 12.1. The highest BCUT2D eigenvalue weighted by Gasteiger charge is 2.14. The molecule has 7 nitrogen and oxygen atoms in total. The molecule has 2 heterocycles. The number of hydrogen-bond acceptors (Lipinski definition) is 6. The van der Waals surface area contributed by atoms with Gasteiger partial charge in [0, 0.05) is 18.0 Å². The van der Waals surface area contributed by atoms with Crippen molar-refractivity contribution in [1.82, 2.24) is 14.7 Å². The lowest BCUT2D eigenvalue weighted by Gasteiger charge is -2.00. The second-order valence-corrected chi connectivity index (χ2v) is 7.46. The van der Waals surface area contributed by atoms with E-state index < -0.39 is 10.0 Å². The molecule has 0 fully saturated rings. The number of benzene rings is 1. The van der Waals surface area contributed by atoms with Crippen LogP contribution in [0.4, 0.5) is 5.13 Å². The summed E-state index contributed by atoms with van der Waals surface area (Å²) >= 11 is 1.21. The van der Waals surface area contributed by atoms with Crippen LogP contribution in [0.15, 0.2) is 47.6 Å². The molecule has 0 bridgehead atoms. The SMILES string of the molecule is CNS(=O)(=O)c1ccc2nc(NC(=O)c3ccncc3)sc2c1. The van der Waals surface area contributed by atoms with Crippen LogP contribution < -0.4 is 10.0 Å². The van der Waals surface area contributed by atoms with Gasteiger partial charge in [-0.3, -0.25) is 15.1 Å². The Kier molecular flexibility index (Phi) is 4.07. The molecule has 0 spiro atoms. The van der Waals surface area contributed by atoms with E-state index in [1.807, 2.05) is 0 Å². The lowest BCUT2D eigenvalue weighted by atomic mass is 10.2. The number of carbonyl (C=O) groups excluding carboxylic acids is 1. The van der Waals surface area contributed by atoms with E-state index in [0.29, 0.717) is 20.9 Å². The zero-order valence-corrected chi connectivity index (χ0v) is 13.6. The monoisotopic (exact) mass is 348 g/mol. The molecule has 0 aliphatic carbocycles. The van der Waals surface area contributed by atoms with Crippen LogP contribution in [-0.2, 0) is 10.0 Å². The Morgan fingerprint density at radius 3 is 2.61 bits per heavy atom. The number of fused-ring (bicyclic) bond motifs is 1. The summed E-state index contributed by atoms with van der Waals surface area (Å²) in [6, 6.07) is 7.81. The van der Waals surface area contributed by atoms with Crippen molar-refractivity contribution in [3.63, 3.8) is 0 Å². The average Bonchev–Trinajstić information content (AvgIpc) is 2.96. The number of amides is 1. The first kappa shape index (κ1) is 15.5. The average molecular weight is 348 g/mol. The van der Waals surface area contributed by atoms with E-state index in [4.69, 9.17) is 0 Å². The van der Waals surface area contributed by atoms with E-state index in [9.17, 15) is 13.2 Å². The molecule has 1 aromatic carbocycles. The maximum atomic E-state index is 12.1. The lowest BCUT2D eigenvalue weighted by molar-refractivity contribution is 0.102. The molecule has 0 aliphatic rings. The van der Waals surface area contributed by atoms with Crippen LogP contribution in [-0.4, -0.2) is 31.3 Å². The molecule has 9 heteroatoms. The third-order valence-corrected chi connectivity index (χ3v) is 5.45. The molecule has 118 valence electrons. The number of rotatable bonds is 4. The third kappa shape index (κ3) is 3.21. The predicted octanol–water partition coefficient (Wildman–Crippen LogP) is 1.85. The highest BCUT2D eigenvalue weighted by atomic mass is 32.2. The quantitative estimate of drug-likeness (QED) is 0.749. The number of sulfonamides is 1. The van der Waals surface area contributed by atoms with Gasteiger partial charge in [-0.1, -0.05) is 11.3 Å². The van der Waals surface area contributed by atoms with Gasteiger partial charge >= 0.3 is 0 Å². The topological polar surface area (TPSA) is 101 Å². The van der Waals surface area contributed by atoms with Gasteiger partial charge in [-0.15, -0.1) is 0 Å². The van der Waals surface area contributed by atoms with E-state index >= 15 is 0 Å². The van der Waals surface area contributed by atoms with E-state index in [-0.39, 0.29) is 10.8 Å². The van der Waals surface area contributed by atoms with Gasteiger partial charge in [-0.05, 0) is 37.4 Å². The Bertz CT molecular complexity index is 968. The summed E-state index contributed by atoms with van der Waals surface area (Å²) in [5, 5.41) is 3.10. The molecule has 0 saturated carbocycles. The number of anilines is 1. The van der Waals surface area contributed by atoms with Gasteiger partial charge in [0.05, 0.1) is 15.1 Å². The predicted molar refractivity (Wildman–Crippen MR) is 88.1 cm³/mol. The fraction of sp³-hybridized carbons (Fsp3) is 0.0714. The second kappa shape index (κ2) is 6.03. The van der Waals surface area contributed by atoms with Crippen LogP contribution in [0.1, 0.15) is 10.4 Å². The van der Waals surface area contributed by atoms with E-state index in [2.05, 4.69) is 20.0 Å². The molecule has 0 saturated heterocycles. The first-order valence-corrected chi connectivity index (χ1v) is 8.85. The highest BCUT2D eigenvalue weighted by Crippen LogP contribution is 2.28. The van der Waals surface area contributed by atoms with Crippen LogP contribution in [0.5, 0.6) is 0 Å². The number of thiazole rings is 1. The zero-order valence-electron chi connectivity index (χ0n) is 12.0. The zero-order chi connectivity index (χ0) is 16.4. The molecule has 3 aromatic rings. The number of nitrogens with one attached hydrogen (secondary N) is 2. The second-order valence-electron chi connectivity index (χ2n) is 4.55. The number of pyridine rings is 1. The first-order valence-electron chi connectivity index (χ1n) is 6.55. The minimum absolute atomic E-state index is 0.156. The Morgan fingerprint density at radius 2 is 1.91 bits per heavy atom. The van der Waals surface area contributed by atoms with Crippen molar-refractivity contribution in [1.29, 1.82) is 0 Å². The summed E-state index contributed by atoms with van der Waals surface area (Å²) < 4.78 is 26.6. The number of hydrogen-bond donors (Lipinski definition) is 2. The summed E-state index contributed by atoms with van der Waals surface area (Å²) in [4.78, 5) is 20.4. The van der Waals surface area contributed by atoms with Crippen molar-refractivity contribution in [2.75, 3.05) is 12.4 Å². The summed E-state index contributed by atoms with van der Waals surface area (Å²) in [5.74, 6) is -0.297. The normalized spacial score (nSPS) is 11.5. The molecule has 23 heavy (non-hydrogen) atoms. The lowest BCUT2D eigenvalue weighted by Crippen LogP contribution is -2.18. The molecule has 0 radical (unpaired) electrons. The molecular weight excluding hydrogens is 336 g/mol. The van der Waals surface area contributed by atoms with Crippen molar-refractivity contribution < 1.29 is 13.2 Å². The minimum Gasteiger partial charge on any atom is -0.298 e. The van der Waals surface area contributed by atoms with Gasteiger partial charge in [0.1, 0.15) is 0 Å². The summed E-state index contributed by atoms with van der Waals surface area (Å²) in [7, 11) is -2.16. The van der Waals surface area contributed by atoms with Gasteiger partial charge in [0.2, 0.25) is 10.0 Å². The fourth-order valence-electron chi connectivity index (χ4n) is 1.92. The van der Waals surface area contributed by atoms with Gasteiger partial charge < -0.3 is 0 Å². The Labute approximate surface area is 136 Å². The minimum atomic E-state index is -3.51. The number of nitrogens with zero attached hydrogens (tertiary/aromatic N) is 2. The van der Waals surface area contributed by atoms with Crippen LogP contribution in [0.3, 0.4) is 0 Å². The van der Waals surface area contributed by atoms with Crippen molar-refractivity contribution in [2.24, 2.45) is 0 Å². The number of carbonyl (C=O) groups is 1. The molecule has 2 aromatic heterocycles. The van der Waals surface area contributed by atoms with Gasteiger partial charge in [0.25, 0.3) is 5.91 Å². The molecule has 0 aliphatic heterocycles. The molecular formula is C14H12N4O3S2. The van der Waals surface area contributed by atoms with E-state index in [1.165, 1.54) is 42.9 Å². The van der Waals surface area contributed by atoms with Crippen LogP contribution in [0.25, 0.3) is 10.2 Å². The molecule has 0 atom stereocenters. The molecule has 3 rings (SSSR count). The van der Waals surface area contributed by atoms with Gasteiger partial charge in [0.15, 0.2) is 5.13 Å². The maximum Gasteiger partial charge on any atom is 0.257 e. The number of aromatic nitrogens is 2. The van der Waals surface area contributed by atoms with E-state index in [0.717, 1.165) is 0 Å². The van der Waals surface area contributed by atoms with Crippen molar-refractivity contribution in [2.45, 2.75) is 4.90 Å². The smallest absolute Gasteiger partial charge is 0.257 e. The van der Waals surface area contributed by atoms with Gasteiger partial charge in [-0.25, -0.2) is 18.1 Å². The Morgan fingerprint density at radius 1 is 1.17 bits per heavy atom. The van der Waals surface area contributed by atoms with Gasteiger partial charge in [-0.2, -0.15) is 0 Å². The first-order chi connectivity index (χ1) is 11.0. The van der Waals surface area contributed by atoms with Crippen molar-refractivity contribution >= 4 is 42.6 Å². The Balaban J connectivity index is 1.90. The van der Waals surface area contributed by atoms with Crippen molar-refractivity contribution in [3.8, 4) is 0 Å². The Hall–Kier alpha value is -2.36. The van der Waals surface area contributed by atoms with Crippen LogP contribution in [0.2, 0.25) is 0 Å².